The normalized spacial score (nSPS) is 15.7. The lowest BCUT2D eigenvalue weighted by Crippen LogP contribution is -2.12. The molecule has 0 aromatic carbocycles. The van der Waals surface area contributed by atoms with Crippen molar-refractivity contribution >= 4 is 5.82 Å². The zero-order valence-corrected chi connectivity index (χ0v) is 12.3. The summed E-state index contributed by atoms with van der Waals surface area (Å²) in [6.45, 7) is 7.82. The zero-order valence-electron chi connectivity index (χ0n) is 12.3. The molecule has 0 spiro atoms. The average Bonchev–Trinajstić information content (AvgIpc) is 2.91. The van der Waals surface area contributed by atoms with Gasteiger partial charge in [0.25, 0.3) is 0 Å². The van der Waals surface area contributed by atoms with Gasteiger partial charge < -0.3 is 10.1 Å². The maximum atomic E-state index is 5.93. The molecule has 1 aliphatic carbocycles. The van der Waals surface area contributed by atoms with Gasteiger partial charge in [-0.15, -0.1) is 0 Å². The van der Waals surface area contributed by atoms with Crippen LogP contribution in [-0.4, -0.2) is 23.1 Å². The van der Waals surface area contributed by atoms with Gasteiger partial charge in [-0.05, 0) is 39.0 Å². The van der Waals surface area contributed by atoms with Crippen molar-refractivity contribution in [1.82, 2.24) is 9.97 Å². The van der Waals surface area contributed by atoms with E-state index in [0.717, 1.165) is 42.7 Å². The molecule has 19 heavy (non-hydrogen) atoms. The summed E-state index contributed by atoms with van der Waals surface area (Å²) in [5, 5.41) is 3.34. The predicted octanol–water partition coefficient (Wildman–Crippen LogP) is 3.48. The molecule has 0 atom stereocenters. The van der Waals surface area contributed by atoms with Gasteiger partial charge in [-0.1, -0.05) is 19.8 Å². The number of ether oxygens (including phenoxy) is 1. The van der Waals surface area contributed by atoms with Crippen molar-refractivity contribution in [3.8, 4) is 5.88 Å². The van der Waals surface area contributed by atoms with E-state index < -0.39 is 0 Å². The quantitative estimate of drug-likeness (QED) is 0.853. The second-order valence-corrected chi connectivity index (χ2v) is 5.44. The molecule has 0 amide bonds. The lowest BCUT2D eigenvalue weighted by Gasteiger charge is -2.15. The molecule has 0 radical (unpaired) electrons. The second kappa shape index (κ2) is 6.73. The van der Waals surface area contributed by atoms with E-state index in [2.05, 4.69) is 22.2 Å². The minimum atomic E-state index is 0.710. The third-order valence-electron chi connectivity index (χ3n) is 3.69. The Balaban J connectivity index is 2.03. The van der Waals surface area contributed by atoms with Crippen molar-refractivity contribution in [3.63, 3.8) is 0 Å². The predicted molar refractivity (Wildman–Crippen MR) is 77.7 cm³/mol. The summed E-state index contributed by atoms with van der Waals surface area (Å²) in [5.74, 6) is 3.14. The number of aromatic nitrogens is 2. The highest BCUT2D eigenvalue weighted by molar-refractivity contribution is 5.48. The molecule has 1 fully saturated rings. The fourth-order valence-corrected chi connectivity index (χ4v) is 2.53. The van der Waals surface area contributed by atoms with Gasteiger partial charge in [-0.3, -0.25) is 0 Å². The number of rotatable bonds is 6. The van der Waals surface area contributed by atoms with Crippen molar-refractivity contribution in [2.45, 2.75) is 52.9 Å². The van der Waals surface area contributed by atoms with Gasteiger partial charge in [-0.25, -0.2) is 4.98 Å². The van der Waals surface area contributed by atoms with Crippen LogP contribution in [0.2, 0.25) is 0 Å². The highest BCUT2D eigenvalue weighted by Crippen LogP contribution is 2.27. The fourth-order valence-electron chi connectivity index (χ4n) is 2.53. The first-order valence-corrected chi connectivity index (χ1v) is 7.42. The monoisotopic (exact) mass is 263 g/mol. The molecule has 1 N–H and O–H groups in total. The molecule has 1 aromatic rings. The summed E-state index contributed by atoms with van der Waals surface area (Å²) >= 11 is 0. The summed E-state index contributed by atoms with van der Waals surface area (Å²) in [7, 11) is 0. The van der Waals surface area contributed by atoms with Crippen LogP contribution in [0.5, 0.6) is 5.88 Å². The van der Waals surface area contributed by atoms with Gasteiger partial charge in [0.2, 0.25) is 5.88 Å². The van der Waals surface area contributed by atoms with E-state index in [1.54, 1.807) is 0 Å². The number of nitrogens with zero attached hydrogens (tertiary/aromatic N) is 2. The molecule has 1 aliphatic rings. The molecule has 0 aliphatic heterocycles. The summed E-state index contributed by atoms with van der Waals surface area (Å²) in [5.41, 5.74) is 1.03. The molecule has 1 aromatic heterocycles. The maximum absolute atomic E-state index is 5.93. The molecule has 0 unspecified atom stereocenters. The number of aryl methyl sites for hydroxylation is 1. The minimum absolute atomic E-state index is 0.710. The van der Waals surface area contributed by atoms with Gasteiger partial charge in [0.15, 0.2) is 0 Å². The molecule has 1 heterocycles. The van der Waals surface area contributed by atoms with Gasteiger partial charge in [0.1, 0.15) is 11.6 Å². The van der Waals surface area contributed by atoms with E-state index in [1.165, 1.54) is 25.7 Å². The highest BCUT2D eigenvalue weighted by atomic mass is 16.5. The first kappa shape index (κ1) is 14.1. The molecular formula is C15H25N3O. The molecule has 1 saturated carbocycles. The SMILES string of the molecule is CCCNc1nc(C)nc(OCC2CCCC2)c1C. The number of hydrogen-bond donors (Lipinski definition) is 1. The maximum Gasteiger partial charge on any atom is 0.221 e. The van der Waals surface area contributed by atoms with Crippen LogP contribution in [-0.2, 0) is 0 Å². The zero-order chi connectivity index (χ0) is 13.7. The molecule has 106 valence electrons. The Labute approximate surface area is 116 Å². The van der Waals surface area contributed by atoms with Crippen LogP contribution in [0.3, 0.4) is 0 Å². The molecule has 0 saturated heterocycles. The first-order chi connectivity index (χ1) is 9.20. The Kier molecular flexibility index (Phi) is 5.00. The molecule has 0 bridgehead atoms. The summed E-state index contributed by atoms with van der Waals surface area (Å²) in [6.07, 6.45) is 6.37. The number of hydrogen-bond acceptors (Lipinski definition) is 4. The van der Waals surface area contributed by atoms with Gasteiger partial charge in [-0.2, -0.15) is 4.98 Å². The Morgan fingerprint density at radius 3 is 2.63 bits per heavy atom. The van der Waals surface area contributed by atoms with Crippen LogP contribution in [0.4, 0.5) is 5.82 Å². The number of nitrogens with one attached hydrogen (secondary N) is 1. The van der Waals surface area contributed by atoms with Crippen molar-refractivity contribution in [1.29, 1.82) is 0 Å². The van der Waals surface area contributed by atoms with Gasteiger partial charge in [0, 0.05) is 6.54 Å². The highest BCUT2D eigenvalue weighted by Gasteiger charge is 2.17. The topological polar surface area (TPSA) is 47.0 Å². The molecular weight excluding hydrogens is 238 g/mol. The number of anilines is 1. The van der Waals surface area contributed by atoms with Gasteiger partial charge in [0.05, 0.1) is 12.2 Å². The van der Waals surface area contributed by atoms with Gasteiger partial charge >= 0.3 is 0 Å². The largest absolute Gasteiger partial charge is 0.477 e. The third-order valence-corrected chi connectivity index (χ3v) is 3.69. The second-order valence-electron chi connectivity index (χ2n) is 5.44. The van der Waals surface area contributed by atoms with Crippen LogP contribution in [0.25, 0.3) is 0 Å². The van der Waals surface area contributed by atoms with E-state index in [9.17, 15) is 0 Å². The standard InChI is InChI=1S/C15H25N3O/c1-4-9-16-14-11(2)15(18-12(3)17-14)19-10-13-7-5-6-8-13/h13H,4-10H2,1-3H3,(H,16,17,18). The van der Waals surface area contributed by atoms with E-state index in [4.69, 9.17) is 4.74 Å². The van der Waals surface area contributed by atoms with E-state index in [1.807, 2.05) is 13.8 Å². The summed E-state index contributed by atoms with van der Waals surface area (Å²) in [6, 6.07) is 0. The van der Waals surface area contributed by atoms with Crippen LogP contribution >= 0.6 is 0 Å². The van der Waals surface area contributed by atoms with Crippen molar-refractivity contribution in [2.75, 3.05) is 18.5 Å². The van der Waals surface area contributed by atoms with Crippen LogP contribution in [0, 0.1) is 19.8 Å². The van der Waals surface area contributed by atoms with Crippen LogP contribution in [0.1, 0.15) is 50.4 Å². The Hall–Kier alpha value is -1.32. The molecule has 4 heteroatoms. The van der Waals surface area contributed by atoms with Crippen LogP contribution in [0.15, 0.2) is 0 Å². The Morgan fingerprint density at radius 1 is 1.21 bits per heavy atom. The third kappa shape index (κ3) is 3.82. The lowest BCUT2D eigenvalue weighted by molar-refractivity contribution is 0.241. The van der Waals surface area contributed by atoms with Crippen LogP contribution < -0.4 is 10.1 Å². The Bertz CT molecular complexity index is 414. The fraction of sp³-hybridized carbons (Fsp3) is 0.733. The Morgan fingerprint density at radius 2 is 1.95 bits per heavy atom. The summed E-state index contributed by atoms with van der Waals surface area (Å²) in [4.78, 5) is 8.88. The van der Waals surface area contributed by atoms with E-state index >= 15 is 0 Å². The van der Waals surface area contributed by atoms with Crippen molar-refractivity contribution < 1.29 is 4.74 Å². The first-order valence-electron chi connectivity index (χ1n) is 7.42. The van der Waals surface area contributed by atoms with E-state index in [-0.39, 0.29) is 0 Å². The van der Waals surface area contributed by atoms with E-state index in [0.29, 0.717) is 5.92 Å². The molecule has 2 rings (SSSR count). The summed E-state index contributed by atoms with van der Waals surface area (Å²) < 4.78 is 5.93. The minimum Gasteiger partial charge on any atom is -0.477 e. The lowest BCUT2D eigenvalue weighted by atomic mass is 10.1. The van der Waals surface area contributed by atoms with Crippen molar-refractivity contribution in [3.05, 3.63) is 11.4 Å². The molecule has 4 nitrogen and oxygen atoms in total. The average molecular weight is 263 g/mol. The van der Waals surface area contributed by atoms with Crippen molar-refractivity contribution in [2.24, 2.45) is 5.92 Å². The smallest absolute Gasteiger partial charge is 0.221 e.